The summed E-state index contributed by atoms with van der Waals surface area (Å²) in [4.78, 5) is 0. The highest BCUT2D eigenvalue weighted by Crippen LogP contribution is 2.32. The number of rotatable bonds is 0. The second-order valence-electron chi connectivity index (χ2n) is 2.21. The van der Waals surface area contributed by atoms with E-state index < -0.39 is 14.1 Å². The Kier molecular flexibility index (Phi) is 5.20. The van der Waals surface area contributed by atoms with Gasteiger partial charge in [-0.05, 0) is 6.42 Å². The van der Waals surface area contributed by atoms with Gasteiger partial charge >= 0.3 is 8.25 Å². The minimum atomic E-state index is -2.11. The van der Waals surface area contributed by atoms with E-state index in [-0.39, 0.29) is 0 Å². The summed E-state index contributed by atoms with van der Waals surface area (Å²) < 4.78 is 19.9. The average molecular weight is 193 g/mol. The first-order valence-corrected chi connectivity index (χ1v) is 4.57. The lowest BCUT2D eigenvalue weighted by Crippen LogP contribution is -2.49. The molecular formula is C6H14N2O3P+. The summed E-state index contributed by atoms with van der Waals surface area (Å²) >= 11 is 0. The van der Waals surface area contributed by atoms with Crippen molar-refractivity contribution in [1.82, 2.24) is 0 Å². The van der Waals surface area contributed by atoms with Gasteiger partial charge in [0.2, 0.25) is 5.85 Å². The van der Waals surface area contributed by atoms with Crippen molar-refractivity contribution in [1.29, 1.82) is 0 Å². The molecule has 70 valence electrons. The molecule has 1 unspecified atom stereocenters. The molecule has 1 aliphatic rings. The topological polar surface area (TPSA) is 87.6 Å². The zero-order chi connectivity index (χ0) is 9.61. The van der Waals surface area contributed by atoms with Gasteiger partial charge in [0.25, 0.3) is 0 Å². The minimum absolute atomic E-state index is 0.394. The van der Waals surface area contributed by atoms with Crippen molar-refractivity contribution in [2.24, 2.45) is 11.5 Å². The highest BCUT2D eigenvalue weighted by molar-refractivity contribution is 7.33. The third kappa shape index (κ3) is 4.54. The van der Waals surface area contributed by atoms with E-state index in [0.29, 0.717) is 19.4 Å². The quantitative estimate of drug-likeness (QED) is 0.338. The van der Waals surface area contributed by atoms with Crippen LogP contribution in [-0.4, -0.2) is 12.5 Å². The molecule has 5 nitrogen and oxygen atoms in total. The Bertz CT molecular complexity index is 163. The molecule has 1 rings (SSSR count). The molecule has 0 aromatic carbocycles. The van der Waals surface area contributed by atoms with Crippen LogP contribution in [0.15, 0.2) is 13.2 Å². The van der Waals surface area contributed by atoms with Crippen LogP contribution in [0.5, 0.6) is 0 Å². The molecule has 6 heteroatoms. The Balaban J connectivity index is 0.000000561. The summed E-state index contributed by atoms with van der Waals surface area (Å²) in [5.41, 5.74) is 10.7. The van der Waals surface area contributed by atoms with Gasteiger partial charge in [-0.25, -0.2) is 0 Å². The Labute approximate surface area is 72.7 Å². The molecule has 0 aromatic rings. The van der Waals surface area contributed by atoms with Gasteiger partial charge in [-0.15, -0.1) is 17.7 Å². The molecule has 0 saturated carbocycles. The van der Waals surface area contributed by atoms with Crippen LogP contribution in [0.4, 0.5) is 0 Å². The largest absolute Gasteiger partial charge is 0.700 e. The van der Waals surface area contributed by atoms with Crippen molar-refractivity contribution in [2.75, 3.05) is 6.61 Å². The molecule has 0 aromatic heterocycles. The molecule has 0 spiro atoms. The smallest absolute Gasteiger partial charge is 0.287 e. The zero-order valence-corrected chi connectivity index (χ0v) is 7.76. The van der Waals surface area contributed by atoms with Crippen LogP contribution in [0.3, 0.4) is 0 Å². The van der Waals surface area contributed by atoms with Gasteiger partial charge in [-0.3, -0.25) is 11.5 Å². The van der Waals surface area contributed by atoms with Crippen molar-refractivity contribution in [2.45, 2.75) is 18.7 Å². The summed E-state index contributed by atoms with van der Waals surface area (Å²) in [6, 6.07) is 0. The lowest BCUT2D eigenvalue weighted by Gasteiger charge is -2.12. The Hall–Kier alpha value is -0.320. The maximum Gasteiger partial charge on any atom is 0.700 e. The van der Waals surface area contributed by atoms with Gasteiger partial charge in [0, 0.05) is 11.0 Å². The summed E-state index contributed by atoms with van der Waals surface area (Å²) in [5.74, 6) is -1.27. The Morgan fingerprint density at radius 2 is 2.00 bits per heavy atom. The van der Waals surface area contributed by atoms with Crippen LogP contribution in [0.2, 0.25) is 0 Å². The minimum Gasteiger partial charge on any atom is -0.287 e. The summed E-state index contributed by atoms with van der Waals surface area (Å²) in [7, 11) is -2.11. The molecule has 0 bridgehead atoms. The van der Waals surface area contributed by atoms with E-state index in [4.69, 9.17) is 11.5 Å². The SMILES string of the molecule is C=C.NC1(N)CCCO[P+](=O)O1. The number of hydrogen-bond acceptors (Lipinski definition) is 5. The lowest BCUT2D eigenvalue weighted by atomic mass is 10.2. The predicted octanol–water partition coefficient (Wildman–Crippen LogP) is 0.844. The van der Waals surface area contributed by atoms with E-state index in [1.165, 1.54) is 0 Å². The fourth-order valence-corrected chi connectivity index (χ4v) is 1.40. The highest BCUT2D eigenvalue weighted by Gasteiger charge is 2.37. The molecule has 1 heterocycles. The van der Waals surface area contributed by atoms with Gasteiger partial charge in [0.1, 0.15) is 6.61 Å². The van der Waals surface area contributed by atoms with Crippen molar-refractivity contribution < 1.29 is 13.6 Å². The van der Waals surface area contributed by atoms with Gasteiger partial charge in [0.15, 0.2) is 0 Å². The maximum absolute atomic E-state index is 10.6. The third-order valence-corrected chi connectivity index (χ3v) is 2.04. The summed E-state index contributed by atoms with van der Waals surface area (Å²) in [6.45, 7) is 6.39. The standard InChI is InChI=1S/C4H10N2O3P.C2H4/c5-4(6)2-1-3-8-10(7)9-4;1-2/h1-3,5-6H2;1-2H2/q+1;. The van der Waals surface area contributed by atoms with Crippen LogP contribution >= 0.6 is 8.25 Å². The zero-order valence-electron chi connectivity index (χ0n) is 6.86. The van der Waals surface area contributed by atoms with E-state index in [1.54, 1.807) is 0 Å². The van der Waals surface area contributed by atoms with Crippen molar-refractivity contribution >= 4 is 8.25 Å². The second-order valence-corrected chi connectivity index (χ2v) is 3.09. The van der Waals surface area contributed by atoms with Crippen LogP contribution < -0.4 is 11.5 Å². The van der Waals surface area contributed by atoms with Crippen LogP contribution in [0.25, 0.3) is 0 Å². The Morgan fingerprint density at radius 3 is 2.58 bits per heavy atom. The molecule has 0 aliphatic carbocycles. The highest BCUT2D eigenvalue weighted by atomic mass is 31.1. The van der Waals surface area contributed by atoms with E-state index in [1.807, 2.05) is 0 Å². The normalized spacial score (nSPS) is 25.0. The maximum atomic E-state index is 10.6. The van der Waals surface area contributed by atoms with Gasteiger partial charge in [-0.1, -0.05) is 4.52 Å². The van der Waals surface area contributed by atoms with Crippen molar-refractivity contribution in [3.8, 4) is 0 Å². The number of hydrogen-bond donors (Lipinski definition) is 2. The molecule has 0 radical (unpaired) electrons. The van der Waals surface area contributed by atoms with Crippen molar-refractivity contribution in [3.05, 3.63) is 13.2 Å². The molecule has 1 atom stereocenters. The molecule has 1 saturated heterocycles. The van der Waals surface area contributed by atoms with Gasteiger partial charge in [-0.2, -0.15) is 0 Å². The first-order valence-electron chi connectivity index (χ1n) is 3.47. The van der Waals surface area contributed by atoms with E-state index in [0.717, 1.165) is 0 Å². The molecular weight excluding hydrogens is 179 g/mol. The summed E-state index contributed by atoms with van der Waals surface area (Å²) in [5, 5.41) is 0. The third-order valence-electron chi connectivity index (χ3n) is 1.15. The van der Waals surface area contributed by atoms with Crippen LogP contribution in [-0.2, 0) is 13.6 Å². The summed E-state index contributed by atoms with van der Waals surface area (Å²) in [6.07, 6.45) is 1.14. The monoisotopic (exact) mass is 193 g/mol. The lowest BCUT2D eigenvalue weighted by molar-refractivity contribution is 0.0801. The van der Waals surface area contributed by atoms with Gasteiger partial charge < -0.3 is 0 Å². The fourth-order valence-electron chi connectivity index (χ4n) is 0.698. The molecule has 1 aliphatic heterocycles. The average Bonchev–Trinajstić information content (AvgIpc) is 2.14. The van der Waals surface area contributed by atoms with Crippen molar-refractivity contribution in [3.63, 3.8) is 0 Å². The fraction of sp³-hybridized carbons (Fsp3) is 0.667. The van der Waals surface area contributed by atoms with E-state index >= 15 is 0 Å². The first kappa shape index (κ1) is 11.7. The van der Waals surface area contributed by atoms with Crippen LogP contribution in [0.1, 0.15) is 12.8 Å². The Morgan fingerprint density at radius 1 is 1.42 bits per heavy atom. The molecule has 1 fully saturated rings. The second kappa shape index (κ2) is 5.35. The molecule has 12 heavy (non-hydrogen) atoms. The van der Waals surface area contributed by atoms with Crippen LogP contribution in [0, 0.1) is 0 Å². The van der Waals surface area contributed by atoms with E-state index in [9.17, 15) is 4.57 Å². The van der Waals surface area contributed by atoms with Gasteiger partial charge in [0.05, 0.1) is 0 Å². The first-order chi connectivity index (χ1) is 5.60. The predicted molar refractivity (Wildman–Crippen MR) is 46.2 cm³/mol. The molecule has 0 amide bonds. The number of nitrogens with two attached hydrogens (primary N) is 2. The van der Waals surface area contributed by atoms with E-state index in [2.05, 4.69) is 22.2 Å². The molecule has 4 N–H and O–H groups in total.